The predicted octanol–water partition coefficient (Wildman–Crippen LogP) is 12.9. The Kier molecular flexibility index (Phi) is 36.5. The summed E-state index contributed by atoms with van der Waals surface area (Å²) in [5, 5.41) is 0. The number of carbonyl (C=O) groups excluding carboxylic acids is 2. The van der Waals surface area contributed by atoms with Crippen molar-refractivity contribution >= 4 is 12.6 Å². The molecular formula is C42H78O5. The largest absolute Gasteiger partial charge is 0.347 e. The van der Waals surface area contributed by atoms with Gasteiger partial charge in [0.25, 0.3) is 0 Å². The van der Waals surface area contributed by atoms with E-state index in [9.17, 15) is 9.59 Å². The quantitative estimate of drug-likeness (QED) is 0.0285. The highest BCUT2D eigenvalue weighted by atomic mass is 16.7. The Morgan fingerprint density at radius 2 is 0.723 bits per heavy atom. The van der Waals surface area contributed by atoms with Gasteiger partial charge in [0.1, 0.15) is 26.2 Å². The summed E-state index contributed by atoms with van der Waals surface area (Å²) in [6.07, 6.45) is 38.5. The number of carbonyl (C=O) groups is 2. The smallest absolute Gasteiger partial charge is 0.150 e. The highest BCUT2D eigenvalue weighted by Gasteiger charge is 2.17. The van der Waals surface area contributed by atoms with Crippen LogP contribution in [0.25, 0.3) is 0 Å². The van der Waals surface area contributed by atoms with Crippen LogP contribution in [0.3, 0.4) is 0 Å². The number of allylic oxidation sites excluding steroid dienone is 2. The molecule has 0 saturated heterocycles. The van der Waals surface area contributed by atoms with Crippen molar-refractivity contribution in [3.05, 3.63) is 23.3 Å². The lowest BCUT2D eigenvalue weighted by Crippen LogP contribution is -2.22. The maximum Gasteiger partial charge on any atom is 0.150 e. The molecule has 2 atom stereocenters. The summed E-state index contributed by atoms with van der Waals surface area (Å²) in [6.45, 7) is 9.10. The van der Waals surface area contributed by atoms with Gasteiger partial charge < -0.3 is 14.2 Å². The molecule has 0 amide bonds. The first-order valence-electron chi connectivity index (χ1n) is 20.3. The molecule has 0 rings (SSSR count). The van der Waals surface area contributed by atoms with Crippen LogP contribution >= 0.6 is 0 Å². The zero-order valence-electron chi connectivity index (χ0n) is 31.7. The van der Waals surface area contributed by atoms with Crippen LogP contribution in [0.1, 0.15) is 207 Å². The number of ether oxygens (including phenoxy) is 3. The molecule has 0 radical (unpaired) electrons. The number of unbranched alkanes of at least 4 members (excludes halogenated alkanes) is 22. The van der Waals surface area contributed by atoms with Crippen LogP contribution in [0, 0.1) is 0 Å². The second kappa shape index (κ2) is 37.5. The van der Waals surface area contributed by atoms with Gasteiger partial charge >= 0.3 is 0 Å². The molecule has 0 spiro atoms. The van der Waals surface area contributed by atoms with Crippen molar-refractivity contribution in [1.29, 1.82) is 0 Å². The molecule has 5 nitrogen and oxygen atoms in total. The summed E-state index contributed by atoms with van der Waals surface area (Å²) < 4.78 is 18.2. The molecule has 0 aromatic carbocycles. The van der Waals surface area contributed by atoms with Gasteiger partial charge in [0.05, 0.1) is 12.2 Å². The van der Waals surface area contributed by atoms with Gasteiger partial charge in [-0.15, -0.1) is 0 Å². The SMILES string of the molecule is CCCCCCCC=C(C=O)C(CCCCCCCCC)OCOCOC(CCCCCCCCC)C(C=O)=CCCCCCCC. The first kappa shape index (κ1) is 45.7. The Balaban J connectivity index is 5.05. The predicted molar refractivity (Wildman–Crippen MR) is 201 cm³/mol. The van der Waals surface area contributed by atoms with Crippen LogP contribution in [0.4, 0.5) is 0 Å². The zero-order valence-corrected chi connectivity index (χ0v) is 31.7. The maximum atomic E-state index is 12.1. The minimum Gasteiger partial charge on any atom is -0.347 e. The van der Waals surface area contributed by atoms with Gasteiger partial charge in [-0.2, -0.15) is 0 Å². The zero-order chi connectivity index (χ0) is 34.5. The third-order valence-electron chi connectivity index (χ3n) is 9.24. The fourth-order valence-electron chi connectivity index (χ4n) is 6.10. The summed E-state index contributed by atoms with van der Waals surface area (Å²) in [5.41, 5.74) is 1.50. The molecule has 0 aromatic heterocycles. The molecule has 0 aliphatic heterocycles. The summed E-state index contributed by atoms with van der Waals surface area (Å²) in [4.78, 5) is 24.2. The van der Waals surface area contributed by atoms with Crippen LogP contribution in [0.15, 0.2) is 23.3 Å². The normalized spacial score (nSPS) is 13.6. The second-order valence-electron chi connectivity index (χ2n) is 13.6. The van der Waals surface area contributed by atoms with Crippen molar-refractivity contribution in [2.75, 3.05) is 13.6 Å². The molecule has 0 aromatic rings. The van der Waals surface area contributed by atoms with E-state index in [1.54, 1.807) is 0 Å². The average molecular weight is 663 g/mol. The topological polar surface area (TPSA) is 61.8 Å². The fourth-order valence-corrected chi connectivity index (χ4v) is 6.10. The van der Waals surface area contributed by atoms with E-state index in [-0.39, 0.29) is 25.8 Å². The van der Waals surface area contributed by atoms with Crippen LogP contribution in [-0.2, 0) is 23.8 Å². The highest BCUT2D eigenvalue weighted by molar-refractivity contribution is 5.75. The van der Waals surface area contributed by atoms with Gasteiger partial charge in [0.2, 0.25) is 0 Å². The summed E-state index contributed by atoms with van der Waals surface area (Å²) in [7, 11) is 0. The minimum atomic E-state index is -0.250. The third kappa shape index (κ3) is 29.3. The van der Waals surface area contributed by atoms with Crippen molar-refractivity contribution in [2.24, 2.45) is 0 Å². The van der Waals surface area contributed by atoms with E-state index in [1.165, 1.54) is 116 Å². The van der Waals surface area contributed by atoms with E-state index in [0.717, 1.165) is 87.9 Å². The number of hydrogen-bond acceptors (Lipinski definition) is 5. The van der Waals surface area contributed by atoms with Crippen LogP contribution in [-0.4, -0.2) is 38.4 Å². The third-order valence-corrected chi connectivity index (χ3v) is 9.24. The Morgan fingerprint density at radius 1 is 0.426 bits per heavy atom. The Hall–Kier alpha value is -1.30. The van der Waals surface area contributed by atoms with Gasteiger partial charge in [-0.1, -0.05) is 181 Å². The van der Waals surface area contributed by atoms with E-state index in [4.69, 9.17) is 14.2 Å². The molecule has 47 heavy (non-hydrogen) atoms. The van der Waals surface area contributed by atoms with E-state index in [2.05, 4.69) is 39.8 Å². The van der Waals surface area contributed by atoms with E-state index < -0.39 is 0 Å². The first-order valence-corrected chi connectivity index (χ1v) is 20.3. The second-order valence-corrected chi connectivity index (χ2v) is 13.6. The van der Waals surface area contributed by atoms with Crippen molar-refractivity contribution < 1.29 is 23.8 Å². The molecule has 2 unspecified atom stereocenters. The van der Waals surface area contributed by atoms with E-state index >= 15 is 0 Å². The number of rotatable bonds is 38. The summed E-state index contributed by atoms with van der Waals surface area (Å²) in [6, 6.07) is 0. The molecule has 276 valence electrons. The number of aldehydes is 2. The Bertz CT molecular complexity index is 671. The first-order chi connectivity index (χ1) is 23.2. The van der Waals surface area contributed by atoms with Crippen LogP contribution in [0.5, 0.6) is 0 Å². The Morgan fingerprint density at radius 3 is 1.04 bits per heavy atom. The standard InChI is InChI=1S/C42H78O5/c1-5-9-13-17-21-25-29-33-41(39(35-43)31-27-23-19-15-11-7-3)46-37-45-38-47-42(34-30-26-22-18-14-10-6-2)40(36-44)32-28-24-20-16-12-8-4/h31-32,35-36,41-42H,5-30,33-34,37-38H2,1-4H3. The summed E-state index contributed by atoms with van der Waals surface area (Å²) in [5.74, 6) is 0. The lowest BCUT2D eigenvalue weighted by molar-refractivity contribution is -0.157. The molecule has 0 saturated carbocycles. The lowest BCUT2D eigenvalue weighted by atomic mass is 10.0. The molecule has 0 bridgehead atoms. The van der Waals surface area contributed by atoms with E-state index in [0.29, 0.717) is 0 Å². The summed E-state index contributed by atoms with van der Waals surface area (Å²) >= 11 is 0. The molecule has 0 N–H and O–H groups in total. The van der Waals surface area contributed by atoms with Gasteiger partial charge in [0.15, 0.2) is 0 Å². The monoisotopic (exact) mass is 663 g/mol. The van der Waals surface area contributed by atoms with Crippen molar-refractivity contribution in [3.8, 4) is 0 Å². The highest BCUT2D eigenvalue weighted by Crippen LogP contribution is 2.20. The van der Waals surface area contributed by atoms with Gasteiger partial charge in [0, 0.05) is 11.1 Å². The minimum absolute atomic E-state index is 0.0740. The molecule has 0 aliphatic carbocycles. The van der Waals surface area contributed by atoms with E-state index in [1.807, 2.05) is 0 Å². The van der Waals surface area contributed by atoms with Gasteiger partial charge in [-0.05, 0) is 38.5 Å². The molecule has 0 heterocycles. The average Bonchev–Trinajstić information content (AvgIpc) is 3.08. The fraction of sp³-hybridized carbons (Fsp3) is 0.857. The van der Waals surface area contributed by atoms with Crippen molar-refractivity contribution in [3.63, 3.8) is 0 Å². The molecule has 0 aliphatic rings. The molecule has 5 heteroatoms. The van der Waals surface area contributed by atoms with Gasteiger partial charge in [-0.25, -0.2) is 0 Å². The maximum absolute atomic E-state index is 12.1. The van der Waals surface area contributed by atoms with Crippen molar-refractivity contribution in [1.82, 2.24) is 0 Å². The van der Waals surface area contributed by atoms with Crippen molar-refractivity contribution in [2.45, 2.75) is 220 Å². The van der Waals surface area contributed by atoms with Crippen LogP contribution < -0.4 is 0 Å². The number of hydrogen-bond donors (Lipinski definition) is 0. The van der Waals surface area contributed by atoms with Crippen LogP contribution in [0.2, 0.25) is 0 Å². The molecule has 0 fully saturated rings. The van der Waals surface area contributed by atoms with Gasteiger partial charge in [-0.3, -0.25) is 9.59 Å². The lowest BCUT2D eigenvalue weighted by Gasteiger charge is -2.21. The Labute approximate surface area is 292 Å². The molecular weight excluding hydrogens is 584 g/mol.